The number of amides is 1. The highest BCUT2D eigenvalue weighted by molar-refractivity contribution is 5.78. The molecule has 0 saturated heterocycles. The highest BCUT2D eigenvalue weighted by Gasteiger charge is 2.30. The average Bonchev–Trinajstić information content (AvgIpc) is 2.27. The van der Waals surface area contributed by atoms with E-state index in [4.69, 9.17) is 5.11 Å². The Balaban J connectivity index is 2.31. The van der Waals surface area contributed by atoms with Crippen LogP contribution in [0.25, 0.3) is 0 Å². The molecule has 3 N–H and O–H groups in total. The molecule has 0 radical (unpaired) electrons. The Bertz CT molecular complexity index is 323. The fourth-order valence-electron chi connectivity index (χ4n) is 2.61. The highest BCUT2D eigenvalue weighted by Crippen LogP contribution is 2.29. The molecular weight excluding hydrogens is 244 g/mol. The third kappa shape index (κ3) is 6.05. The van der Waals surface area contributed by atoms with E-state index < -0.39 is 5.97 Å². The number of carbonyl (C=O) groups excluding carboxylic acids is 1. The molecule has 1 rings (SSSR count). The van der Waals surface area contributed by atoms with E-state index in [0.717, 1.165) is 25.7 Å². The van der Waals surface area contributed by atoms with E-state index in [-0.39, 0.29) is 29.8 Å². The lowest BCUT2D eigenvalue weighted by Crippen LogP contribution is -2.46. The fourth-order valence-corrected chi connectivity index (χ4v) is 2.61. The number of carboxylic acid groups (broad SMARTS) is 1. The van der Waals surface area contributed by atoms with Crippen LogP contribution in [0.15, 0.2) is 0 Å². The molecule has 0 spiro atoms. The molecule has 2 atom stereocenters. The molecular formula is C14H26N2O3. The highest BCUT2D eigenvalue weighted by atomic mass is 16.4. The van der Waals surface area contributed by atoms with Crippen LogP contribution in [0.4, 0.5) is 0 Å². The molecule has 0 aromatic heterocycles. The molecule has 5 nitrogen and oxygen atoms in total. The first-order valence-electron chi connectivity index (χ1n) is 7.04. The van der Waals surface area contributed by atoms with Gasteiger partial charge in [0, 0.05) is 5.54 Å². The summed E-state index contributed by atoms with van der Waals surface area (Å²) in [5.74, 6) is -0.860. The SMILES string of the molecule is CC(C)(C)NC(=O)CNCC1CCCCC1C(=O)O. The Hall–Kier alpha value is -1.10. The molecule has 0 aromatic carbocycles. The van der Waals surface area contributed by atoms with E-state index in [1.807, 2.05) is 20.8 Å². The normalized spacial score (nSPS) is 23.9. The van der Waals surface area contributed by atoms with Gasteiger partial charge in [0.15, 0.2) is 0 Å². The van der Waals surface area contributed by atoms with Crippen molar-refractivity contribution in [2.75, 3.05) is 13.1 Å². The van der Waals surface area contributed by atoms with Gasteiger partial charge in [0.1, 0.15) is 0 Å². The van der Waals surface area contributed by atoms with Gasteiger partial charge in [-0.1, -0.05) is 12.8 Å². The second kappa shape index (κ2) is 6.89. The van der Waals surface area contributed by atoms with E-state index in [1.165, 1.54) is 0 Å². The van der Waals surface area contributed by atoms with Crippen LogP contribution in [0, 0.1) is 11.8 Å². The fraction of sp³-hybridized carbons (Fsp3) is 0.857. The molecule has 0 aliphatic heterocycles. The van der Waals surface area contributed by atoms with Crippen molar-refractivity contribution in [1.82, 2.24) is 10.6 Å². The van der Waals surface area contributed by atoms with Crippen molar-refractivity contribution in [2.24, 2.45) is 11.8 Å². The second-order valence-corrected chi connectivity index (χ2v) is 6.42. The Morgan fingerprint density at radius 2 is 1.84 bits per heavy atom. The van der Waals surface area contributed by atoms with E-state index in [9.17, 15) is 9.59 Å². The van der Waals surface area contributed by atoms with Crippen molar-refractivity contribution in [3.63, 3.8) is 0 Å². The Labute approximate surface area is 115 Å². The topological polar surface area (TPSA) is 78.4 Å². The summed E-state index contributed by atoms with van der Waals surface area (Å²) in [5, 5.41) is 15.1. The van der Waals surface area contributed by atoms with Gasteiger partial charge in [-0.05, 0) is 46.1 Å². The van der Waals surface area contributed by atoms with Gasteiger partial charge in [-0.3, -0.25) is 9.59 Å². The average molecular weight is 270 g/mol. The van der Waals surface area contributed by atoms with Gasteiger partial charge in [0.2, 0.25) is 5.91 Å². The number of nitrogens with one attached hydrogen (secondary N) is 2. The van der Waals surface area contributed by atoms with Crippen LogP contribution < -0.4 is 10.6 Å². The standard InChI is InChI=1S/C14H26N2O3/c1-14(2,3)16-12(17)9-15-8-10-6-4-5-7-11(10)13(18)19/h10-11,15H,4-9H2,1-3H3,(H,16,17)(H,18,19). The molecule has 19 heavy (non-hydrogen) atoms. The molecule has 1 aliphatic rings. The van der Waals surface area contributed by atoms with Crippen LogP contribution >= 0.6 is 0 Å². The summed E-state index contributed by atoms with van der Waals surface area (Å²) in [7, 11) is 0. The van der Waals surface area contributed by atoms with Crippen molar-refractivity contribution in [3.05, 3.63) is 0 Å². The summed E-state index contributed by atoms with van der Waals surface area (Å²) < 4.78 is 0. The molecule has 0 aromatic rings. The number of aliphatic carboxylic acids is 1. The van der Waals surface area contributed by atoms with Crippen LogP contribution in [-0.2, 0) is 9.59 Å². The van der Waals surface area contributed by atoms with Gasteiger partial charge >= 0.3 is 5.97 Å². The summed E-state index contributed by atoms with van der Waals surface area (Å²) in [4.78, 5) is 22.8. The maximum Gasteiger partial charge on any atom is 0.306 e. The quantitative estimate of drug-likeness (QED) is 0.705. The Morgan fingerprint density at radius 1 is 1.21 bits per heavy atom. The summed E-state index contributed by atoms with van der Waals surface area (Å²) in [6.07, 6.45) is 3.78. The molecule has 1 fully saturated rings. The number of carbonyl (C=O) groups is 2. The molecule has 1 amide bonds. The molecule has 2 unspecified atom stereocenters. The summed E-state index contributed by atoms with van der Waals surface area (Å²) in [5.41, 5.74) is -0.229. The molecule has 110 valence electrons. The van der Waals surface area contributed by atoms with E-state index in [0.29, 0.717) is 6.54 Å². The zero-order chi connectivity index (χ0) is 14.5. The third-order valence-electron chi connectivity index (χ3n) is 3.43. The Morgan fingerprint density at radius 3 is 2.42 bits per heavy atom. The minimum atomic E-state index is -0.703. The van der Waals surface area contributed by atoms with E-state index >= 15 is 0 Å². The smallest absolute Gasteiger partial charge is 0.306 e. The lowest BCUT2D eigenvalue weighted by Gasteiger charge is -2.28. The van der Waals surface area contributed by atoms with Crippen LogP contribution in [0.5, 0.6) is 0 Å². The Kier molecular flexibility index (Phi) is 5.79. The lowest BCUT2D eigenvalue weighted by atomic mass is 9.79. The predicted octanol–water partition coefficient (Wildman–Crippen LogP) is 1.38. The molecule has 0 bridgehead atoms. The summed E-state index contributed by atoms with van der Waals surface area (Å²) in [6, 6.07) is 0. The number of hydrogen-bond acceptors (Lipinski definition) is 3. The van der Waals surface area contributed by atoms with Gasteiger partial charge in [0.25, 0.3) is 0 Å². The minimum Gasteiger partial charge on any atom is -0.481 e. The lowest BCUT2D eigenvalue weighted by molar-refractivity contribution is -0.144. The van der Waals surface area contributed by atoms with Crippen LogP contribution in [0.3, 0.4) is 0 Å². The van der Waals surface area contributed by atoms with Crippen molar-refractivity contribution in [1.29, 1.82) is 0 Å². The third-order valence-corrected chi connectivity index (χ3v) is 3.43. The van der Waals surface area contributed by atoms with Gasteiger partial charge in [0.05, 0.1) is 12.5 Å². The number of hydrogen-bond donors (Lipinski definition) is 3. The maximum atomic E-state index is 11.6. The van der Waals surface area contributed by atoms with E-state index in [2.05, 4.69) is 10.6 Å². The van der Waals surface area contributed by atoms with Gasteiger partial charge in [-0.15, -0.1) is 0 Å². The van der Waals surface area contributed by atoms with Crippen molar-refractivity contribution in [2.45, 2.75) is 52.0 Å². The van der Waals surface area contributed by atoms with Gasteiger partial charge < -0.3 is 15.7 Å². The summed E-state index contributed by atoms with van der Waals surface area (Å²) in [6.45, 7) is 6.67. The number of carboxylic acids is 1. The maximum absolute atomic E-state index is 11.6. The van der Waals surface area contributed by atoms with Crippen LogP contribution in [-0.4, -0.2) is 35.6 Å². The van der Waals surface area contributed by atoms with Crippen molar-refractivity contribution < 1.29 is 14.7 Å². The summed E-state index contributed by atoms with van der Waals surface area (Å²) >= 11 is 0. The predicted molar refractivity (Wildman–Crippen MR) is 73.8 cm³/mol. The molecule has 1 aliphatic carbocycles. The van der Waals surface area contributed by atoms with Crippen molar-refractivity contribution >= 4 is 11.9 Å². The van der Waals surface area contributed by atoms with Crippen LogP contribution in [0.1, 0.15) is 46.5 Å². The number of rotatable bonds is 5. The first-order valence-corrected chi connectivity index (χ1v) is 7.04. The minimum absolute atomic E-state index is 0.0461. The van der Waals surface area contributed by atoms with Gasteiger partial charge in [-0.25, -0.2) is 0 Å². The monoisotopic (exact) mass is 270 g/mol. The second-order valence-electron chi connectivity index (χ2n) is 6.42. The van der Waals surface area contributed by atoms with E-state index in [1.54, 1.807) is 0 Å². The molecule has 0 heterocycles. The van der Waals surface area contributed by atoms with Crippen LogP contribution in [0.2, 0.25) is 0 Å². The largest absolute Gasteiger partial charge is 0.481 e. The van der Waals surface area contributed by atoms with Gasteiger partial charge in [-0.2, -0.15) is 0 Å². The first-order chi connectivity index (χ1) is 8.79. The zero-order valence-corrected chi connectivity index (χ0v) is 12.2. The first kappa shape index (κ1) is 16.0. The zero-order valence-electron chi connectivity index (χ0n) is 12.2. The molecule has 1 saturated carbocycles. The van der Waals surface area contributed by atoms with Crippen molar-refractivity contribution in [3.8, 4) is 0 Å². The molecule has 5 heteroatoms.